The number of hydrogen-bond acceptors (Lipinski definition) is 7. The summed E-state index contributed by atoms with van der Waals surface area (Å²) >= 11 is 0. The molecule has 10 heteroatoms. The molecule has 3 aromatic carbocycles. The summed E-state index contributed by atoms with van der Waals surface area (Å²) < 4.78 is 36.1. The standard InChI is InChI=1S/C17H18N2O5S.C7H6O2/c1-19(2)13-6-3-12(4-7-13)5-10-17(20)24-16-9-8-14(11-15(16)18)25(21,22)23;8-7(9)6-4-2-1-3-5-6/h3-11H,18H2,1-2H3,(H,21,22,23);1-5H,(H,8,9). The first-order chi connectivity index (χ1) is 16.0. The number of carbonyl (C=O) groups is 2. The fraction of sp³-hybridized carbons (Fsp3) is 0.0833. The minimum atomic E-state index is -4.36. The third-order valence-electron chi connectivity index (χ3n) is 4.33. The van der Waals surface area contributed by atoms with Crippen molar-refractivity contribution in [2.75, 3.05) is 24.7 Å². The van der Waals surface area contributed by atoms with Crippen molar-refractivity contribution < 1.29 is 32.4 Å². The third kappa shape index (κ3) is 8.08. The molecule has 0 aromatic heterocycles. The lowest BCUT2D eigenvalue weighted by molar-refractivity contribution is -0.128. The Kier molecular flexibility index (Phi) is 8.94. The number of nitrogens with zero attached hydrogens (tertiary/aromatic N) is 1. The predicted molar refractivity (Wildman–Crippen MR) is 130 cm³/mol. The Hall–Kier alpha value is -4.15. The molecule has 0 atom stereocenters. The number of carbonyl (C=O) groups excluding carboxylic acids is 1. The average molecular weight is 485 g/mol. The van der Waals surface area contributed by atoms with Gasteiger partial charge in [0.1, 0.15) is 0 Å². The number of carboxylic acids is 1. The SMILES string of the molecule is CN(C)c1ccc(C=CC(=O)Oc2ccc(S(=O)(=O)O)cc2N)cc1.O=C(O)c1ccccc1. The molecule has 9 nitrogen and oxygen atoms in total. The quantitative estimate of drug-likeness (QED) is 0.157. The van der Waals surface area contributed by atoms with Crippen LogP contribution < -0.4 is 15.4 Å². The van der Waals surface area contributed by atoms with Gasteiger partial charge in [0, 0.05) is 25.9 Å². The van der Waals surface area contributed by atoms with E-state index in [0.29, 0.717) is 5.56 Å². The Morgan fingerprint density at radius 1 is 0.971 bits per heavy atom. The molecule has 0 aliphatic carbocycles. The fourth-order valence-electron chi connectivity index (χ4n) is 2.55. The van der Waals surface area contributed by atoms with Crippen molar-refractivity contribution >= 4 is 39.5 Å². The van der Waals surface area contributed by atoms with E-state index < -0.39 is 22.1 Å². The molecule has 34 heavy (non-hydrogen) atoms. The summed E-state index contributed by atoms with van der Waals surface area (Å²) in [7, 11) is -0.504. The average Bonchev–Trinajstić information content (AvgIpc) is 2.79. The third-order valence-corrected chi connectivity index (χ3v) is 5.18. The van der Waals surface area contributed by atoms with Crippen LogP contribution in [0.2, 0.25) is 0 Å². The maximum atomic E-state index is 11.9. The summed E-state index contributed by atoms with van der Waals surface area (Å²) in [5.41, 5.74) is 7.74. The maximum Gasteiger partial charge on any atom is 0.336 e. The van der Waals surface area contributed by atoms with Crippen molar-refractivity contribution in [3.05, 3.63) is 90.0 Å². The van der Waals surface area contributed by atoms with Gasteiger partial charge in [-0.15, -0.1) is 0 Å². The molecule has 0 unspecified atom stereocenters. The molecule has 0 radical (unpaired) electrons. The van der Waals surface area contributed by atoms with E-state index >= 15 is 0 Å². The van der Waals surface area contributed by atoms with Crippen molar-refractivity contribution in [3.63, 3.8) is 0 Å². The Balaban J connectivity index is 0.000000379. The zero-order chi connectivity index (χ0) is 25.3. The van der Waals surface area contributed by atoms with Crippen LogP contribution in [-0.4, -0.2) is 44.1 Å². The van der Waals surface area contributed by atoms with Crippen molar-refractivity contribution in [1.82, 2.24) is 0 Å². The Morgan fingerprint density at radius 2 is 1.59 bits per heavy atom. The lowest BCUT2D eigenvalue weighted by atomic mass is 10.2. The second-order valence-electron chi connectivity index (χ2n) is 7.09. The van der Waals surface area contributed by atoms with E-state index in [1.807, 2.05) is 43.3 Å². The molecular formula is C24H24N2O7S. The van der Waals surface area contributed by atoms with Crippen LogP contribution >= 0.6 is 0 Å². The highest BCUT2D eigenvalue weighted by Crippen LogP contribution is 2.25. The lowest BCUT2D eigenvalue weighted by Crippen LogP contribution is -2.08. The van der Waals surface area contributed by atoms with E-state index in [4.69, 9.17) is 20.1 Å². The molecule has 0 heterocycles. The van der Waals surface area contributed by atoms with Gasteiger partial charge in [-0.1, -0.05) is 30.3 Å². The molecule has 0 aliphatic heterocycles. The number of aromatic carboxylic acids is 1. The number of ether oxygens (including phenoxy) is 1. The molecule has 0 spiro atoms. The molecule has 4 N–H and O–H groups in total. The molecule has 0 bridgehead atoms. The Labute approximate surface area is 197 Å². The molecule has 178 valence electrons. The van der Waals surface area contributed by atoms with E-state index in [9.17, 15) is 18.0 Å². The van der Waals surface area contributed by atoms with E-state index in [-0.39, 0.29) is 16.3 Å². The fourth-order valence-corrected chi connectivity index (χ4v) is 3.07. The highest BCUT2D eigenvalue weighted by Gasteiger charge is 2.13. The zero-order valence-corrected chi connectivity index (χ0v) is 19.3. The van der Waals surface area contributed by atoms with Gasteiger partial charge in [-0.2, -0.15) is 8.42 Å². The topological polar surface area (TPSA) is 147 Å². The van der Waals surface area contributed by atoms with Crippen LogP contribution in [-0.2, 0) is 14.9 Å². The number of esters is 1. The van der Waals surface area contributed by atoms with E-state index in [2.05, 4.69) is 0 Å². The largest absolute Gasteiger partial charge is 0.478 e. The minimum absolute atomic E-state index is 0.00463. The molecule has 0 fully saturated rings. The van der Waals surface area contributed by atoms with Crippen molar-refractivity contribution in [2.45, 2.75) is 4.90 Å². The van der Waals surface area contributed by atoms with Gasteiger partial charge in [-0.05, 0) is 54.1 Å². The first kappa shape index (κ1) is 26.1. The Morgan fingerprint density at radius 3 is 2.06 bits per heavy atom. The van der Waals surface area contributed by atoms with Crippen molar-refractivity contribution in [1.29, 1.82) is 0 Å². The molecule has 0 saturated carbocycles. The Bertz CT molecular complexity index is 1270. The molecule has 0 saturated heterocycles. The van der Waals surface area contributed by atoms with Gasteiger partial charge in [0.15, 0.2) is 5.75 Å². The van der Waals surface area contributed by atoms with Crippen molar-refractivity contribution in [2.24, 2.45) is 0 Å². The first-order valence-corrected chi connectivity index (χ1v) is 11.2. The number of benzene rings is 3. The monoisotopic (exact) mass is 484 g/mol. The van der Waals surface area contributed by atoms with E-state index in [1.54, 1.807) is 36.4 Å². The molecule has 0 amide bonds. The van der Waals surface area contributed by atoms with E-state index in [1.165, 1.54) is 12.1 Å². The molecule has 0 aliphatic rings. The number of hydrogen-bond donors (Lipinski definition) is 3. The summed E-state index contributed by atoms with van der Waals surface area (Å²) in [5, 5.41) is 8.38. The second-order valence-corrected chi connectivity index (χ2v) is 8.51. The minimum Gasteiger partial charge on any atom is -0.478 e. The molecule has 3 rings (SSSR count). The number of nitrogens with two attached hydrogens (primary N) is 1. The number of nitrogen functional groups attached to an aromatic ring is 1. The number of anilines is 2. The van der Waals surface area contributed by atoms with Crippen LogP contribution in [0.25, 0.3) is 6.08 Å². The summed E-state index contributed by atoms with van der Waals surface area (Å²) in [6.45, 7) is 0. The van der Waals surface area contributed by atoms with E-state index in [0.717, 1.165) is 23.4 Å². The normalized spacial score (nSPS) is 10.8. The summed E-state index contributed by atoms with van der Waals surface area (Å²) in [6, 6.07) is 19.1. The summed E-state index contributed by atoms with van der Waals surface area (Å²) in [5.74, 6) is -1.54. The highest BCUT2D eigenvalue weighted by atomic mass is 32.2. The summed E-state index contributed by atoms with van der Waals surface area (Å²) in [4.78, 5) is 23.6. The van der Waals surface area contributed by atoms with Gasteiger partial charge in [0.05, 0.1) is 16.1 Å². The summed E-state index contributed by atoms with van der Waals surface area (Å²) in [6.07, 6.45) is 2.82. The van der Waals surface area contributed by atoms with Gasteiger partial charge in [-0.3, -0.25) is 4.55 Å². The van der Waals surface area contributed by atoms with Crippen LogP contribution in [0.4, 0.5) is 11.4 Å². The lowest BCUT2D eigenvalue weighted by Gasteiger charge is -2.11. The van der Waals surface area contributed by atoms with Crippen LogP contribution in [0.15, 0.2) is 83.8 Å². The number of rotatable bonds is 6. The van der Waals surface area contributed by atoms with Crippen LogP contribution in [0.5, 0.6) is 5.75 Å². The van der Waals surface area contributed by atoms with Crippen molar-refractivity contribution in [3.8, 4) is 5.75 Å². The van der Waals surface area contributed by atoms with Crippen LogP contribution in [0, 0.1) is 0 Å². The van der Waals surface area contributed by atoms with Crippen LogP contribution in [0.3, 0.4) is 0 Å². The smallest absolute Gasteiger partial charge is 0.336 e. The maximum absolute atomic E-state index is 11.9. The second kappa shape index (κ2) is 11.6. The molecule has 3 aromatic rings. The van der Waals surface area contributed by atoms with Crippen LogP contribution in [0.1, 0.15) is 15.9 Å². The predicted octanol–water partition coefficient (Wildman–Crippen LogP) is 3.59. The van der Waals surface area contributed by atoms with Gasteiger partial charge in [0.25, 0.3) is 10.1 Å². The first-order valence-electron chi connectivity index (χ1n) is 9.80. The van der Waals surface area contributed by atoms with Gasteiger partial charge >= 0.3 is 11.9 Å². The number of carboxylic acid groups (broad SMARTS) is 1. The van der Waals surface area contributed by atoms with Gasteiger partial charge in [-0.25, -0.2) is 9.59 Å². The zero-order valence-electron chi connectivity index (χ0n) is 18.5. The molecular weight excluding hydrogens is 460 g/mol. The van der Waals surface area contributed by atoms with Gasteiger partial charge < -0.3 is 20.5 Å². The van der Waals surface area contributed by atoms with Gasteiger partial charge in [0.2, 0.25) is 0 Å². The highest BCUT2D eigenvalue weighted by molar-refractivity contribution is 7.85.